The molecule has 0 aromatic heterocycles. The zero-order valence-electron chi connectivity index (χ0n) is 11.7. The molecule has 0 aliphatic carbocycles. The van der Waals surface area contributed by atoms with Gasteiger partial charge in [-0.3, -0.25) is 4.79 Å². The summed E-state index contributed by atoms with van der Waals surface area (Å²) < 4.78 is 5.24. The van der Waals surface area contributed by atoms with Crippen LogP contribution in [0.25, 0.3) is 6.08 Å². The van der Waals surface area contributed by atoms with Gasteiger partial charge in [-0.25, -0.2) is 0 Å². The number of carbonyl (C=O) groups excluding carboxylic acids is 1. The van der Waals surface area contributed by atoms with Crippen LogP contribution < -0.4 is 10.1 Å². The Hall–Kier alpha value is -2.26. The molecule has 0 saturated carbocycles. The second-order valence-electron chi connectivity index (χ2n) is 4.41. The first-order chi connectivity index (χ1) is 10.2. The van der Waals surface area contributed by atoms with E-state index in [2.05, 4.69) is 5.32 Å². The van der Waals surface area contributed by atoms with Gasteiger partial charge in [0.1, 0.15) is 5.75 Å². The summed E-state index contributed by atoms with van der Waals surface area (Å²) in [6, 6.07) is 14.9. The summed E-state index contributed by atoms with van der Waals surface area (Å²) in [6.45, 7) is 0.424. The van der Waals surface area contributed by atoms with E-state index in [0.717, 1.165) is 16.9 Å². The number of halogens is 1. The number of para-hydroxylation sites is 1. The third-order valence-electron chi connectivity index (χ3n) is 2.94. The lowest BCUT2D eigenvalue weighted by atomic mass is 10.2. The molecule has 1 amide bonds. The molecule has 0 spiro atoms. The molecule has 0 fully saturated rings. The molecule has 0 heterocycles. The molecule has 2 rings (SSSR count). The highest BCUT2D eigenvalue weighted by molar-refractivity contribution is 6.30. The van der Waals surface area contributed by atoms with Crippen molar-refractivity contribution < 1.29 is 9.53 Å². The van der Waals surface area contributed by atoms with Gasteiger partial charge in [-0.2, -0.15) is 0 Å². The number of hydrogen-bond acceptors (Lipinski definition) is 2. The zero-order chi connectivity index (χ0) is 15.1. The van der Waals surface area contributed by atoms with Crippen LogP contribution in [0.15, 0.2) is 54.6 Å². The second kappa shape index (κ2) is 7.50. The normalized spacial score (nSPS) is 10.6. The molecule has 21 heavy (non-hydrogen) atoms. The first-order valence-electron chi connectivity index (χ1n) is 6.52. The van der Waals surface area contributed by atoms with Crippen LogP contribution in [0, 0.1) is 0 Å². The molecule has 0 bridgehead atoms. The van der Waals surface area contributed by atoms with Gasteiger partial charge in [0.25, 0.3) is 0 Å². The molecule has 1 N–H and O–H groups in total. The molecular weight excluding hydrogens is 286 g/mol. The predicted octanol–water partition coefficient (Wildman–Crippen LogP) is 3.68. The minimum atomic E-state index is -0.157. The summed E-state index contributed by atoms with van der Waals surface area (Å²) in [5.41, 5.74) is 1.86. The van der Waals surface area contributed by atoms with Crippen molar-refractivity contribution in [3.05, 3.63) is 70.8 Å². The van der Waals surface area contributed by atoms with Crippen LogP contribution in [0.3, 0.4) is 0 Å². The molecule has 0 aliphatic rings. The molecule has 0 saturated heterocycles. The van der Waals surface area contributed by atoms with Crippen molar-refractivity contribution in [2.75, 3.05) is 7.11 Å². The van der Waals surface area contributed by atoms with Gasteiger partial charge in [0, 0.05) is 23.2 Å². The Balaban J connectivity index is 1.91. The summed E-state index contributed by atoms with van der Waals surface area (Å²) in [6.07, 6.45) is 3.24. The number of benzene rings is 2. The average Bonchev–Trinajstić information content (AvgIpc) is 2.52. The monoisotopic (exact) mass is 301 g/mol. The third-order valence-corrected chi connectivity index (χ3v) is 3.19. The van der Waals surface area contributed by atoms with E-state index in [9.17, 15) is 4.79 Å². The quantitative estimate of drug-likeness (QED) is 0.856. The summed E-state index contributed by atoms with van der Waals surface area (Å²) >= 11 is 5.81. The van der Waals surface area contributed by atoms with Crippen molar-refractivity contribution in [1.82, 2.24) is 5.32 Å². The van der Waals surface area contributed by atoms with Crippen LogP contribution in [0.2, 0.25) is 5.02 Å². The number of rotatable bonds is 5. The summed E-state index contributed by atoms with van der Waals surface area (Å²) in [5.74, 6) is 0.607. The zero-order valence-corrected chi connectivity index (χ0v) is 12.4. The number of hydrogen-bond donors (Lipinski definition) is 1. The van der Waals surface area contributed by atoms with Gasteiger partial charge in [-0.05, 0) is 29.8 Å². The Kier molecular flexibility index (Phi) is 5.41. The van der Waals surface area contributed by atoms with Gasteiger partial charge in [0.05, 0.1) is 7.11 Å². The van der Waals surface area contributed by atoms with E-state index in [-0.39, 0.29) is 5.91 Å². The Morgan fingerprint density at radius 2 is 1.90 bits per heavy atom. The Morgan fingerprint density at radius 3 is 2.62 bits per heavy atom. The van der Waals surface area contributed by atoms with Crippen LogP contribution in [0.5, 0.6) is 5.75 Å². The van der Waals surface area contributed by atoms with Crippen molar-refractivity contribution >= 4 is 23.6 Å². The molecule has 108 valence electrons. The van der Waals surface area contributed by atoms with Crippen LogP contribution in [-0.4, -0.2) is 13.0 Å². The fraction of sp³-hybridized carbons (Fsp3) is 0.118. The SMILES string of the molecule is COc1ccccc1CNC(=O)/C=C/c1ccc(Cl)cc1. The minimum absolute atomic E-state index is 0.157. The van der Waals surface area contributed by atoms with E-state index in [1.807, 2.05) is 36.4 Å². The molecule has 2 aromatic rings. The molecule has 4 heteroatoms. The van der Waals surface area contributed by atoms with Crippen molar-refractivity contribution in [3.63, 3.8) is 0 Å². The van der Waals surface area contributed by atoms with Gasteiger partial charge in [0.15, 0.2) is 0 Å². The average molecular weight is 302 g/mol. The number of nitrogens with one attached hydrogen (secondary N) is 1. The number of amides is 1. The lowest BCUT2D eigenvalue weighted by molar-refractivity contribution is -0.116. The maximum absolute atomic E-state index is 11.8. The van der Waals surface area contributed by atoms with E-state index in [4.69, 9.17) is 16.3 Å². The summed E-state index contributed by atoms with van der Waals surface area (Å²) in [7, 11) is 1.61. The molecule has 2 aromatic carbocycles. The highest BCUT2D eigenvalue weighted by Gasteiger charge is 2.02. The van der Waals surface area contributed by atoms with Crippen LogP contribution in [0.1, 0.15) is 11.1 Å². The van der Waals surface area contributed by atoms with Crippen molar-refractivity contribution in [1.29, 1.82) is 0 Å². The molecule has 0 aliphatic heterocycles. The van der Waals surface area contributed by atoms with E-state index in [1.165, 1.54) is 6.08 Å². The van der Waals surface area contributed by atoms with Gasteiger partial charge in [-0.15, -0.1) is 0 Å². The number of carbonyl (C=O) groups is 1. The van der Waals surface area contributed by atoms with E-state index in [0.29, 0.717) is 11.6 Å². The summed E-state index contributed by atoms with van der Waals surface area (Å²) in [4.78, 5) is 11.8. The largest absolute Gasteiger partial charge is 0.496 e. The maximum Gasteiger partial charge on any atom is 0.244 e. The second-order valence-corrected chi connectivity index (χ2v) is 4.85. The van der Waals surface area contributed by atoms with Crippen molar-refractivity contribution in [3.8, 4) is 5.75 Å². The molecular formula is C17H16ClNO2. The van der Waals surface area contributed by atoms with E-state index in [1.54, 1.807) is 25.3 Å². The van der Waals surface area contributed by atoms with Gasteiger partial charge < -0.3 is 10.1 Å². The molecule has 0 unspecified atom stereocenters. The first kappa shape index (κ1) is 15.1. The molecule has 3 nitrogen and oxygen atoms in total. The maximum atomic E-state index is 11.8. The molecule has 0 radical (unpaired) electrons. The Bertz CT molecular complexity index is 635. The molecule has 0 atom stereocenters. The van der Waals surface area contributed by atoms with Crippen molar-refractivity contribution in [2.45, 2.75) is 6.54 Å². The van der Waals surface area contributed by atoms with E-state index >= 15 is 0 Å². The first-order valence-corrected chi connectivity index (χ1v) is 6.90. The standard InChI is InChI=1S/C17H16ClNO2/c1-21-16-5-3-2-4-14(16)12-19-17(20)11-8-13-6-9-15(18)10-7-13/h2-11H,12H2,1H3,(H,19,20)/b11-8+. The Morgan fingerprint density at radius 1 is 1.19 bits per heavy atom. The van der Waals surface area contributed by atoms with Crippen LogP contribution in [0.4, 0.5) is 0 Å². The predicted molar refractivity (Wildman–Crippen MR) is 85.3 cm³/mol. The van der Waals surface area contributed by atoms with Crippen molar-refractivity contribution in [2.24, 2.45) is 0 Å². The van der Waals surface area contributed by atoms with Gasteiger partial charge >= 0.3 is 0 Å². The highest BCUT2D eigenvalue weighted by Crippen LogP contribution is 2.16. The highest BCUT2D eigenvalue weighted by atomic mass is 35.5. The minimum Gasteiger partial charge on any atom is -0.496 e. The van der Waals surface area contributed by atoms with Gasteiger partial charge in [0.2, 0.25) is 5.91 Å². The van der Waals surface area contributed by atoms with E-state index < -0.39 is 0 Å². The number of ether oxygens (including phenoxy) is 1. The Labute approximate surface area is 129 Å². The lowest BCUT2D eigenvalue weighted by Gasteiger charge is -2.08. The summed E-state index contributed by atoms with van der Waals surface area (Å²) in [5, 5.41) is 3.50. The fourth-order valence-electron chi connectivity index (χ4n) is 1.84. The third kappa shape index (κ3) is 4.65. The van der Waals surface area contributed by atoms with Crippen LogP contribution in [-0.2, 0) is 11.3 Å². The van der Waals surface area contributed by atoms with Crippen LogP contribution >= 0.6 is 11.6 Å². The topological polar surface area (TPSA) is 38.3 Å². The smallest absolute Gasteiger partial charge is 0.244 e. The number of methoxy groups -OCH3 is 1. The lowest BCUT2D eigenvalue weighted by Crippen LogP contribution is -2.20. The fourth-order valence-corrected chi connectivity index (χ4v) is 1.96. The van der Waals surface area contributed by atoms with Gasteiger partial charge in [-0.1, -0.05) is 41.9 Å².